The van der Waals surface area contributed by atoms with Gasteiger partial charge in [-0.05, 0) is 45.0 Å². The summed E-state index contributed by atoms with van der Waals surface area (Å²) in [7, 11) is 0. The van der Waals surface area contributed by atoms with Gasteiger partial charge in [0.05, 0.1) is 11.3 Å². The molecule has 0 radical (unpaired) electrons. The monoisotopic (exact) mass is 252 g/mol. The van der Waals surface area contributed by atoms with Crippen LogP contribution in [0.15, 0.2) is 29.2 Å². The number of benzene rings is 1. The summed E-state index contributed by atoms with van der Waals surface area (Å²) in [6.07, 6.45) is 0.854. The van der Waals surface area contributed by atoms with Crippen molar-refractivity contribution in [3.63, 3.8) is 0 Å². The molecular weight excluding hydrogens is 236 g/mol. The van der Waals surface area contributed by atoms with Gasteiger partial charge < -0.3 is 9.53 Å². The Labute approximate surface area is 106 Å². The minimum absolute atomic E-state index is 0.329. The molecule has 17 heavy (non-hydrogen) atoms. The zero-order chi connectivity index (χ0) is 12.9. The average molecular weight is 252 g/mol. The molecule has 0 bridgehead atoms. The molecule has 4 heteroatoms. The van der Waals surface area contributed by atoms with Crippen molar-refractivity contribution in [1.29, 1.82) is 0 Å². The van der Waals surface area contributed by atoms with E-state index < -0.39 is 5.60 Å². The van der Waals surface area contributed by atoms with Crippen molar-refractivity contribution in [3.05, 3.63) is 29.8 Å². The molecular formula is C13H16O3S. The van der Waals surface area contributed by atoms with Crippen LogP contribution in [0.4, 0.5) is 0 Å². The Hall–Kier alpha value is -1.29. The Morgan fingerprint density at radius 1 is 1.29 bits per heavy atom. The molecule has 0 atom stereocenters. The fraction of sp³-hybridized carbons (Fsp3) is 0.385. The number of hydrogen-bond acceptors (Lipinski definition) is 4. The van der Waals surface area contributed by atoms with Crippen LogP contribution < -0.4 is 0 Å². The molecule has 1 rings (SSSR count). The SMILES string of the molecule is CC(C)(C)OC(=O)c1ccc(SCC=O)cc1. The van der Waals surface area contributed by atoms with Gasteiger partial charge in [0, 0.05) is 4.90 Å². The molecule has 0 aliphatic carbocycles. The highest BCUT2D eigenvalue weighted by molar-refractivity contribution is 7.99. The second-order valence-corrected chi connectivity index (χ2v) is 5.60. The fourth-order valence-corrected chi connectivity index (χ4v) is 1.74. The number of esters is 1. The van der Waals surface area contributed by atoms with E-state index in [2.05, 4.69) is 0 Å². The van der Waals surface area contributed by atoms with Crippen LogP contribution in [0.3, 0.4) is 0 Å². The molecule has 0 aliphatic heterocycles. The molecule has 0 N–H and O–H groups in total. The maximum absolute atomic E-state index is 11.7. The van der Waals surface area contributed by atoms with Crippen LogP contribution in [0.1, 0.15) is 31.1 Å². The first-order valence-corrected chi connectivity index (χ1v) is 6.31. The highest BCUT2D eigenvalue weighted by atomic mass is 32.2. The van der Waals surface area contributed by atoms with Gasteiger partial charge in [-0.3, -0.25) is 0 Å². The first-order chi connectivity index (χ1) is 7.92. The maximum Gasteiger partial charge on any atom is 0.338 e. The predicted molar refractivity (Wildman–Crippen MR) is 68.4 cm³/mol. The zero-order valence-electron chi connectivity index (χ0n) is 10.2. The number of rotatable bonds is 4. The van der Waals surface area contributed by atoms with Crippen molar-refractivity contribution in [3.8, 4) is 0 Å². The predicted octanol–water partition coefficient (Wildman–Crippen LogP) is 2.93. The van der Waals surface area contributed by atoms with Gasteiger partial charge >= 0.3 is 5.97 Å². The molecule has 0 unspecified atom stereocenters. The van der Waals surface area contributed by atoms with Crippen molar-refractivity contribution >= 4 is 24.0 Å². The van der Waals surface area contributed by atoms with Crippen molar-refractivity contribution in [2.45, 2.75) is 31.3 Å². The van der Waals surface area contributed by atoms with Gasteiger partial charge in [0.1, 0.15) is 11.9 Å². The lowest BCUT2D eigenvalue weighted by molar-refractivity contribution is -0.105. The van der Waals surface area contributed by atoms with Gasteiger partial charge in [-0.25, -0.2) is 4.79 Å². The van der Waals surface area contributed by atoms with E-state index in [1.807, 2.05) is 32.9 Å². The quantitative estimate of drug-likeness (QED) is 0.469. The number of carbonyl (C=O) groups is 2. The second kappa shape index (κ2) is 5.87. The average Bonchev–Trinajstić information content (AvgIpc) is 2.24. The molecule has 1 aromatic rings. The molecule has 0 saturated carbocycles. The first-order valence-electron chi connectivity index (χ1n) is 5.32. The second-order valence-electron chi connectivity index (χ2n) is 4.50. The third-order valence-electron chi connectivity index (χ3n) is 1.81. The molecule has 0 aromatic heterocycles. The van der Waals surface area contributed by atoms with Crippen molar-refractivity contribution < 1.29 is 14.3 Å². The van der Waals surface area contributed by atoms with E-state index in [-0.39, 0.29) is 5.97 Å². The molecule has 92 valence electrons. The van der Waals surface area contributed by atoms with Crippen molar-refractivity contribution in [2.75, 3.05) is 5.75 Å². The molecule has 0 amide bonds. The van der Waals surface area contributed by atoms with E-state index >= 15 is 0 Å². The lowest BCUT2D eigenvalue weighted by Gasteiger charge is -2.19. The molecule has 0 heterocycles. The third kappa shape index (κ3) is 5.04. The summed E-state index contributed by atoms with van der Waals surface area (Å²) >= 11 is 1.43. The first kappa shape index (κ1) is 13.8. The highest BCUT2D eigenvalue weighted by Gasteiger charge is 2.17. The van der Waals surface area contributed by atoms with Gasteiger partial charge in [-0.2, -0.15) is 0 Å². The summed E-state index contributed by atoms with van der Waals surface area (Å²) in [6.45, 7) is 5.50. The Morgan fingerprint density at radius 3 is 2.35 bits per heavy atom. The topological polar surface area (TPSA) is 43.4 Å². The zero-order valence-corrected chi connectivity index (χ0v) is 11.0. The smallest absolute Gasteiger partial charge is 0.338 e. The van der Waals surface area contributed by atoms with Crippen LogP contribution >= 0.6 is 11.8 Å². The Kier molecular flexibility index (Phi) is 4.75. The van der Waals surface area contributed by atoms with Crippen LogP contribution in [0.2, 0.25) is 0 Å². The van der Waals surface area contributed by atoms with Gasteiger partial charge in [0.2, 0.25) is 0 Å². The van der Waals surface area contributed by atoms with Crippen molar-refractivity contribution in [1.82, 2.24) is 0 Å². The van der Waals surface area contributed by atoms with E-state index in [0.717, 1.165) is 11.2 Å². The summed E-state index contributed by atoms with van der Waals surface area (Å²) in [6, 6.07) is 7.04. The lowest BCUT2D eigenvalue weighted by Crippen LogP contribution is -2.23. The van der Waals surface area contributed by atoms with Crippen LogP contribution in [-0.4, -0.2) is 23.6 Å². The molecule has 3 nitrogen and oxygen atoms in total. The molecule has 0 fully saturated rings. The van der Waals surface area contributed by atoms with Crippen molar-refractivity contribution in [2.24, 2.45) is 0 Å². The summed E-state index contributed by atoms with van der Waals surface area (Å²) in [4.78, 5) is 22.9. The Balaban J connectivity index is 2.67. The molecule has 0 aliphatic rings. The number of carbonyl (C=O) groups excluding carboxylic acids is 2. The molecule has 0 saturated heterocycles. The minimum Gasteiger partial charge on any atom is -0.456 e. The normalized spacial score (nSPS) is 11.0. The molecule has 0 spiro atoms. The summed E-state index contributed by atoms with van der Waals surface area (Å²) < 4.78 is 5.24. The van der Waals surface area contributed by atoms with Crippen LogP contribution in [0.5, 0.6) is 0 Å². The number of ether oxygens (including phenoxy) is 1. The number of hydrogen-bond donors (Lipinski definition) is 0. The van der Waals surface area contributed by atoms with Crippen LogP contribution in [0.25, 0.3) is 0 Å². The summed E-state index contributed by atoms with van der Waals surface area (Å²) in [5.41, 5.74) is 0.0394. The Bertz CT molecular complexity index is 390. The van der Waals surface area contributed by atoms with E-state index in [1.165, 1.54) is 11.8 Å². The van der Waals surface area contributed by atoms with E-state index in [0.29, 0.717) is 11.3 Å². The van der Waals surface area contributed by atoms with Gasteiger partial charge in [-0.15, -0.1) is 11.8 Å². The highest BCUT2D eigenvalue weighted by Crippen LogP contribution is 2.19. The van der Waals surface area contributed by atoms with E-state index in [9.17, 15) is 9.59 Å². The third-order valence-corrected chi connectivity index (χ3v) is 2.72. The number of aldehydes is 1. The Morgan fingerprint density at radius 2 is 1.88 bits per heavy atom. The van der Waals surface area contributed by atoms with Gasteiger partial charge in [-0.1, -0.05) is 0 Å². The minimum atomic E-state index is -0.484. The fourth-order valence-electron chi connectivity index (χ4n) is 1.15. The van der Waals surface area contributed by atoms with Gasteiger partial charge in [0.15, 0.2) is 0 Å². The lowest BCUT2D eigenvalue weighted by atomic mass is 10.2. The van der Waals surface area contributed by atoms with E-state index in [1.54, 1.807) is 12.1 Å². The summed E-state index contributed by atoms with van der Waals surface area (Å²) in [5.74, 6) is 0.0932. The standard InChI is InChI=1S/C13H16O3S/c1-13(2,3)16-12(15)10-4-6-11(7-5-10)17-9-8-14/h4-8H,9H2,1-3H3. The van der Waals surface area contributed by atoms with E-state index in [4.69, 9.17) is 4.74 Å². The van der Waals surface area contributed by atoms with Gasteiger partial charge in [0.25, 0.3) is 0 Å². The maximum atomic E-state index is 11.7. The van der Waals surface area contributed by atoms with Crippen LogP contribution in [0, 0.1) is 0 Å². The van der Waals surface area contributed by atoms with Crippen LogP contribution in [-0.2, 0) is 9.53 Å². The summed E-state index contributed by atoms with van der Waals surface area (Å²) in [5, 5.41) is 0. The largest absolute Gasteiger partial charge is 0.456 e. The number of thioether (sulfide) groups is 1. The molecule has 1 aromatic carbocycles.